The monoisotopic (exact) mass is 279 g/mol. The molecule has 112 valence electrons. The quantitative estimate of drug-likeness (QED) is 0.757. The summed E-state index contributed by atoms with van der Waals surface area (Å²) in [4.78, 5) is 2.29. The molecule has 20 heavy (non-hydrogen) atoms. The van der Waals surface area contributed by atoms with Gasteiger partial charge in [-0.15, -0.1) is 0 Å². The molecule has 1 saturated heterocycles. The molecule has 1 fully saturated rings. The van der Waals surface area contributed by atoms with Crippen LogP contribution in [-0.4, -0.2) is 37.8 Å². The molecule has 1 aromatic rings. The maximum Gasteiger partial charge on any atom is 0.119 e. The molecule has 0 amide bonds. The Kier molecular flexibility index (Phi) is 5.84. The van der Waals surface area contributed by atoms with E-state index in [0.29, 0.717) is 12.5 Å². The molecule has 0 radical (unpaired) electrons. The lowest BCUT2D eigenvalue weighted by molar-refractivity contribution is 0.228. The zero-order chi connectivity index (χ0) is 14.4. The zero-order valence-electron chi connectivity index (χ0n) is 12.6. The first kappa shape index (κ1) is 15.3. The number of alkyl halides is 1. The summed E-state index contributed by atoms with van der Waals surface area (Å²) in [5, 5.41) is 0. The Labute approximate surface area is 121 Å². The predicted molar refractivity (Wildman–Crippen MR) is 81.0 cm³/mol. The number of benzene rings is 1. The first-order valence-corrected chi connectivity index (χ1v) is 7.67. The van der Waals surface area contributed by atoms with E-state index in [1.54, 1.807) is 0 Å². The first-order valence-electron chi connectivity index (χ1n) is 7.67. The minimum atomic E-state index is -0.186. The summed E-state index contributed by atoms with van der Waals surface area (Å²) in [6, 6.07) is 8.38. The molecule has 1 aliphatic rings. The molecule has 1 aromatic carbocycles. The van der Waals surface area contributed by atoms with E-state index in [4.69, 9.17) is 4.74 Å². The Balaban J connectivity index is 1.69. The van der Waals surface area contributed by atoms with E-state index in [-0.39, 0.29) is 12.6 Å². The fourth-order valence-corrected chi connectivity index (χ4v) is 2.73. The molecule has 0 saturated carbocycles. The van der Waals surface area contributed by atoms with Crippen molar-refractivity contribution in [3.63, 3.8) is 0 Å². The van der Waals surface area contributed by atoms with Crippen LogP contribution < -0.4 is 4.74 Å². The van der Waals surface area contributed by atoms with Gasteiger partial charge in [-0.1, -0.05) is 26.0 Å². The normalized spacial score (nSPS) is 19.7. The summed E-state index contributed by atoms with van der Waals surface area (Å²) in [7, 11) is 0. The van der Waals surface area contributed by atoms with Crippen molar-refractivity contribution < 1.29 is 9.13 Å². The highest BCUT2D eigenvalue weighted by Gasteiger charge is 2.21. The SMILES string of the molecule is CC(C)Cc1ccc(OCCN2CC[C@@H](CF)C2)cc1. The van der Waals surface area contributed by atoms with Crippen LogP contribution in [0.4, 0.5) is 4.39 Å². The average molecular weight is 279 g/mol. The Morgan fingerprint density at radius 3 is 2.65 bits per heavy atom. The van der Waals surface area contributed by atoms with Gasteiger partial charge in [0.2, 0.25) is 0 Å². The standard InChI is InChI=1S/C17H26FNO/c1-14(2)11-15-3-5-17(6-4-15)20-10-9-19-8-7-16(12-18)13-19/h3-6,14,16H,7-13H2,1-2H3/t16-/m0/s1. The molecule has 3 heteroatoms. The minimum absolute atomic E-state index is 0.186. The van der Waals surface area contributed by atoms with Crippen molar-refractivity contribution in [3.05, 3.63) is 29.8 Å². The van der Waals surface area contributed by atoms with Gasteiger partial charge in [-0.25, -0.2) is 0 Å². The van der Waals surface area contributed by atoms with Gasteiger partial charge in [0.05, 0.1) is 6.67 Å². The van der Waals surface area contributed by atoms with Gasteiger partial charge in [0, 0.05) is 19.0 Å². The molecule has 0 aromatic heterocycles. The number of halogens is 1. The van der Waals surface area contributed by atoms with Gasteiger partial charge in [0.25, 0.3) is 0 Å². The molecule has 0 N–H and O–H groups in total. The molecular formula is C17H26FNO. The number of hydrogen-bond donors (Lipinski definition) is 0. The summed E-state index contributed by atoms with van der Waals surface area (Å²) in [6.07, 6.45) is 2.10. The van der Waals surface area contributed by atoms with E-state index in [1.807, 2.05) is 12.1 Å². The molecule has 0 spiro atoms. The van der Waals surface area contributed by atoms with Crippen molar-refractivity contribution in [2.45, 2.75) is 26.7 Å². The highest BCUT2D eigenvalue weighted by atomic mass is 19.1. The lowest BCUT2D eigenvalue weighted by Gasteiger charge is -2.16. The summed E-state index contributed by atoms with van der Waals surface area (Å²) in [5.74, 6) is 1.85. The Hall–Kier alpha value is -1.09. The van der Waals surface area contributed by atoms with Crippen molar-refractivity contribution in [3.8, 4) is 5.75 Å². The van der Waals surface area contributed by atoms with Gasteiger partial charge < -0.3 is 4.74 Å². The van der Waals surface area contributed by atoms with Crippen molar-refractivity contribution in [1.29, 1.82) is 0 Å². The molecular weight excluding hydrogens is 253 g/mol. The molecule has 1 aliphatic heterocycles. The lowest BCUT2D eigenvalue weighted by Crippen LogP contribution is -2.26. The van der Waals surface area contributed by atoms with Crippen LogP contribution in [0, 0.1) is 11.8 Å². The molecule has 0 unspecified atom stereocenters. The summed E-state index contributed by atoms with van der Waals surface area (Å²) >= 11 is 0. The Bertz CT molecular complexity index is 390. The number of nitrogens with zero attached hydrogens (tertiary/aromatic N) is 1. The fourth-order valence-electron chi connectivity index (χ4n) is 2.73. The lowest BCUT2D eigenvalue weighted by atomic mass is 10.0. The van der Waals surface area contributed by atoms with Crippen LogP contribution in [0.3, 0.4) is 0 Å². The smallest absolute Gasteiger partial charge is 0.119 e. The number of hydrogen-bond acceptors (Lipinski definition) is 2. The van der Waals surface area contributed by atoms with Gasteiger partial charge in [-0.05, 0) is 43.0 Å². The third-order valence-electron chi connectivity index (χ3n) is 3.83. The molecule has 2 nitrogen and oxygen atoms in total. The maximum absolute atomic E-state index is 12.5. The number of rotatable bonds is 7. The van der Waals surface area contributed by atoms with Gasteiger partial charge >= 0.3 is 0 Å². The average Bonchev–Trinajstić information content (AvgIpc) is 2.88. The van der Waals surface area contributed by atoms with Crippen LogP contribution in [0.25, 0.3) is 0 Å². The van der Waals surface area contributed by atoms with E-state index in [9.17, 15) is 4.39 Å². The first-order chi connectivity index (χ1) is 9.67. The molecule has 0 bridgehead atoms. The van der Waals surface area contributed by atoms with Gasteiger partial charge in [0.15, 0.2) is 0 Å². The van der Waals surface area contributed by atoms with Gasteiger partial charge in [-0.3, -0.25) is 9.29 Å². The van der Waals surface area contributed by atoms with E-state index < -0.39 is 0 Å². The molecule has 1 atom stereocenters. The third-order valence-corrected chi connectivity index (χ3v) is 3.83. The van der Waals surface area contributed by atoms with Crippen LogP contribution in [0.15, 0.2) is 24.3 Å². The second-order valence-corrected chi connectivity index (χ2v) is 6.20. The van der Waals surface area contributed by atoms with Gasteiger partial charge in [0.1, 0.15) is 12.4 Å². The van der Waals surface area contributed by atoms with Crippen molar-refractivity contribution in [1.82, 2.24) is 4.90 Å². The van der Waals surface area contributed by atoms with E-state index >= 15 is 0 Å². The largest absolute Gasteiger partial charge is 0.492 e. The van der Waals surface area contributed by atoms with Crippen LogP contribution in [0.5, 0.6) is 5.75 Å². The van der Waals surface area contributed by atoms with Crippen LogP contribution in [-0.2, 0) is 6.42 Å². The van der Waals surface area contributed by atoms with Crippen LogP contribution in [0.1, 0.15) is 25.8 Å². The van der Waals surface area contributed by atoms with Crippen molar-refractivity contribution in [2.75, 3.05) is 32.9 Å². The van der Waals surface area contributed by atoms with Crippen molar-refractivity contribution in [2.24, 2.45) is 11.8 Å². The topological polar surface area (TPSA) is 12.5 Å². The van der Waals surface area contributed by atoms with E-state index in [2.05, 4.69) is 30.9 Å². The maximum atomic E-state index is 12.5. The Morgan fingerprint density at radius 2 is 2.05 bits per heavy atom. The third kappa shape index (κ3) is 4.78. The second-order valence-electron chi connectivity index (χ2n) is 6.20. The summed E-state index contributed by atoms with van der Waals surface area (Å²) < 4.78 is 18.3. The fraction of sp³-hybridized carbons (Fsp3) is 0.647. The second kappa shape index (κ2) is 7.63. The minimum Gasteiger partial charge on any atom is -0.492 e. The zero-order valence-corrected chi connectivity index (χ0v) is 12.6. The molecule has 0 aliphatic carbocycles. The molecule has 1 heterocycles. The van der Waals surface area contributed by atoms with Crippen molar-refractivity contribution >= 4 is 0 Å². The van der Waals surface area contributed by atoms with Gasteiger partial charge in [-0.2, -0.15) is 0 Å². The Morgan fingerprint density at radius 1 is 1.30 bits per heavy atom. The highest BCUT2D eigenvalue weighted by molar-refractivity contribution is 5.27. The highest BCUT2D eigenvalue weighted by Crippen LogP contribution is 2.17. The van der Waals surface area contributed by atoms with Crippen LogP contribution >= 0.6 is 0 Å². The van der Waals surface area contributed by atoms with Crippen LogP contribution in [0.2, 0.25) is 0 Å². The van der Waals surface area contributed by atoms with E-state index in [0.717, 1.165) is 38.2 Å². The molecule has 2 rings (SSSR count). The van der Waals surface area contributed by atoms with E-state index in [1.165, 1.54) is 5.56 Å². The summed E-state index contributed by atoms with van der Waals surface area (Å²) in [5.41, 5.74) is 1.36. The summed E-state index contributed by atoms with van der Waals surface area (Å²) in [6.45, 7) is 7.73. The number of ether oxygens (including phenoxy) is 1. The predicted octanol–water partition coefficient (Wildman–Crippen LogP) is 3.56. The number of likely N-dealkylation sites (tertiary alicyclic amines) is 1.